The molecule has 8 nitrogen and oxygen atoms in total. The third-order valence-corrected chi connectivity index (χ3v) is 6.65. The van der Waals surface area contributed by atoms with Gasteiger partial charge in [-0.15, -0.1) is 0 Å². The van der Waals surface area contributed by atoms with Crippen LogP contribution in [0.4, 0.5) is 9.18 Å². The summed E-state index contributed by atoms with van der Waals surface area (Å²) in [7, 11) is 1.87. The maximum Gasteiger partial charge on any atom is 0.322 e. The van der Waals surface area contributed by atoms with Crippen molar-refractivity contribution in [3.05, 3.63) is 89.4 Å². The Morgan fingerprint density at radius 3 is 2.51 bits per heavy atom. The van der Waals surface area contributed by atoms with E-state index in [0.29, 0.717) is 11.1 Å². The lowest BCUT2D eigenvalue weighted by atomic mass is 9.88. The predicted molar refractivity (Wildman–Crippen MR) is 126 cm³/mol. The Hall–Kier alpha value is -4.53. The quantitative estimate of drug-likeness (QED) is 0.449. The topological polar surface area (TPSA) is 96.3 Å². The zero-order valence-corrected chi connectivity index (χ0v) is 18.7. The largest absolute Gasteiger partial charge is 0.331 e. The van der Waals surface area contributed by atoms with E-state index in [-0.39, 0.29) is 24.6 Å². The molecule has 9 heteroatoms. The summed E-state index contributed by atoms with van der Waals surface area (Å²) in [6, 6.07) is 16.7. The van der Waals surface area contributed by atoms with Crippen molar-refractivity contribution in [2.24, 2.45) is 7.05 Å². The second kappa shape index (κ2) is 7.49. The number of carbonyl (C=O) groups is 3. The van der Waals surface area contributed by atoms with Crippen LogP contribution in [0, 0.1) is 5.82 Å². The minimum Gasteiger partial charge on any atom is -0.331 e. The van der Waals surface area contributed by atoms with Crippen molar-refractivity contribution < 1.29 is 18.8 Å². The Morgan fingerprint density at radius 1 is 1.00 bits per heavy atom. The fourth-order valence-electron chi connectivity index (χ4n) is 4.92. The summed E-state index contributed by atoms with van der Waals surface area (Å²) in [5, 5.41) is 10.4. The van der Waals surface area contributed by atoms with Gasteiger partial charge < -0.3 is 10.2 Å². The predicted octanol–water partition coefficient (Wildman–Crippen LogP) is 3.07. The first kappa shape index (κ1) is 21.0. The number of imide groups is 1. The molecular formula is C26H20FN5O3. The summed E-state index contributed by atoms with van der Waals surface area (Å²) < 4.78 is 15.4. The average molecular weight is 469 g/mol. The zero-order chi connectivity index (χ0) is 24.3. The van der Waals surface area contributed by atoms with E-state index in [0.717, 1.165) is 22.0 Å². The van der Waals surface area contributed by atoms with Crippen LogP contribution < -0.4 is 10.6 Å². The Balaban J connectivity index is 1.34. The number of hydrogen-bond acceptors (Lipinski definition) is 4. The zero-order valence-electron chi connectivity index (χ0n) is 18.7. The molecule has 3 aromatic carbocycles. The Bertz CT molecular complexity index is 1540. The lowest BCUT2D eigenvalue weighted by Crippen LogP contribution is -2.52. The lowest BCUT2D eigenvalue weighted by molar-refractivity contribution is -0.124. The smallest absolute Gasteiger partial charge is 0.322 e. The fourth-order valence-corrected chi connectivity index (χ4v) is 4.92. The minimum absolute atomic E-state index is 0.0826. The number of carbonyl (C=O) groups excluding carboxylic acids is 3. The molecule has 1 aromatic heterocycles. The third-order valence-electron chi connectivity index (χ3n) is 6.65. The van der Waals surface area contributed by atoms with Crippen LogP contribution in [0.1, 0.15) is 21.5 Å². The van der Waals surface area contributed by atoms with E-state index in [1.165, 1.54) is 17.0 Å². The highest BCUT2D eigenvalue weighted by Crippen LogP contribution is 2.33. The van der Waals surface area contributed by atoms with Gasteiger partial charge in [0.1, 0.15) is 5.82 Å². The molecule has 0 bridgehead atoms. The van der Waals surface area contributed by atoms with Gasteiger partial charge in [-0.1, -0.05) is 36.4 Å². The summed E-state index contributed by atoms with van der Waals surface area (Å²) in [5.74, 6) is -1.42. The molecule has 2 aliphatic rings. The van der Waals surface area contributed by atoms with Gasteiger partial charge in [-0.3, -0.25) is 19.6 Å². The molecular weight excluding hydrogens is 449 g/mol. The van der Waals surface area contributed by atoms with Crippen molar-refractivity contribution >= 4 is 28.7 Å². The first-order valence-electron chi connectivity index (χ1n) is 11.1. The summed E-state index contributed by atoms with van der Waals surface area (Å²) in [5.41, 5.74) is 2.84. The number of aryl methyl sites for hydroxylation is 1. The van der Waals surface area contributed by atoms with E-state index < -0.39 is 23.3 Å². The van der Waals surface area contributed by atoms with Crippen LogP contribution in [-0.4, -0.2) is 39.1 Å². The van der Waals surface area contributed by atoms with Crippen LogP contribution in [-0.2, 0) is 23.9 Å². The molecule has 6 rings (SSSR count). The minimum atomic E-state index is -1.46. The SMILES string of the molecule is Cn1cc2cc(-c3ccc([C@]4(CN5Cc6ccc(F)cc6C5=O)NC(=O)NC4=O)cc3)ccc2n1. The molecule has 0 radical (unpaired) electrons. The van der Waals surface area contributed by atoms with Gasteiger partial charge in [0.2, 0.25) is 0 Å². The van der Waals surface area contributed by atoms with Gasteiger partial charge in [-0.2, -0.15) is 5.10 Å². The second-order valence-electron chi connectivity index (χ2n) is 8.93. The molecule has 0 unspecified atom stereocenters. The average Bonchev–Trinajstić information content (AvgIpc) is 3.46. The van der Waals surface area contributed by atoms with Gasteiger partial charge in [-0.05, 0) is 46.5 Å². The molecule has 1 saturated heterocycles. The summed E-state index contributed by atoms with van der Waals surface area (Å²) >= 11 is 0. The molecule has 0 spiro atoms. The number of benzene rings is 3. The number of urea groups is 1. The standard InChI is InChI=1S/C26H20FN5O3/c1-31-12-18-10-16(5-9-22(18)30-31)15-2-6-19(7-3-15)26(24(34)28-25(35)29-26)14-32-13-17-4-8-20(27)11-21(17)23(32)33/h2-12H,13-14H2,1H3,(H2,28,29,34,35)/t26-/m0/s1. The molecule has 0 saturated carbocycles. The van der Waals surface area contributed by atoms with E-state index in [2.05, 4.69) is 15.7 Å². The van der Waals surface area contributed by atoms with Crippen LogP contribution >= 0.6 is 0 Å². The molecule has 35 heavy (non-hydrogen) atoms. The Morgan fingerprint density at radius 2 is 1.77 bits per heavy atom. The van der Waals surface area contributed by atoms with Crippen LogP contribution in [0.2, 0.25) is 0 Å². The van der Waals surface area contributed by atoms with E-state index >= 15 is 0 Å². The Labute approximate surface area is 199 Å². The third kappa shape index (κ3) is 3.35. The van der Waals surface area contributed by atoms with Crippen LogP contribution in [0.25, 0.3) is 22.0 Å². The highest BCUT2D eigenvalue weighted by Gasteiger charge is 2.50. The fraction of sp³-hybridized carbons (Fsp3) is 0.154. The molecule has 4 amide bonds. The summed E-state index contributed by atoms with van der Waals surface area (Å²) in [6.45, 7) is 0.142. The molecule has 3 heterocycles. The van der Waals surface area contributed by atoms with Crippen LogP contribution in [0.3, 0.4) is 0 Å². The van der Waals surface area contributed by atoms with E-state index in [9.17, 15) is 18.8 Å². The molecule has 1 fully saturated rings. The van der Waals surface area contributed by atoms with Gasteiger partial charge in [0.15, 0.2) is 5.54 Å². The van der Waals surface area contributed by atoms with Crippen molar-refractivity contribution in [1.29, 1.82) is 0 Å². The van der Waals surface area contributed by atoms with Crippen molar-refractivity contribution in [3.8, 4) is 11.1 Å². The molecule has 1 atom stereocenters. The monoisotopic (exact) mass is 469 g/mol. The molecule has 2 N–H and O–H groups in total. The highest BCUT2D eigenvalue weighted by atomic mass is 19.1. The van der Waals surface area contributed by atoms with Crippen molar-refractivity contribution in [1.82, 2.24) is 25.3 Å². The maximum atomic E-state index is 13.7. The van der Waals surface area contributed by atoms with Crippen LogP contribution in [0.5, 0.6) is 0 Å². The van der Waals surface area contributed by atoms with Gasteiger partial charge in [-0.25, -0.2) is 9.18 Å². The normalized spacial score (nSPS) is 19.3. The van der Waals surface area contributed by atoms with Crippen molar-refractivity contribution in [2.45, 2.75) is 12.1 Å². The van der Waals surface area contributed by atoms with Crippen LogP contribution in [0.15, 0.2) is 66.9 Å². The van der Waals surface area contributed by atoms with E-state index in [4.69, 9.17) is 0 Å². The highest BCUT2D eigenvalue weighted by molar-refractivity contribution is 6.08. The summed E-state index contributed by atoms with van der Waals surface area (Å²) in [4.78, 5) is 39.6. The number of rotatable bonds is 4. The van der Waals surface area contributed by atoms with Crippen molar-refractivity contribution in [2.75, 3.05) is 6.54 Å². The number of hydrogen-bond donors (Lipinski definition) is 2. The van der Waals surface area contributed by atoms with Gasteiger partial charge in [0, 0.05) is 30.7 Å². The number of aromatic nitrogens is 2. The number of nitrogens with one attached hydrogen (secondary N) is 2. The number of halogens is 1. The van der Waals surface area contributed by atoms with E-state index in [1.807, 2.05) is 43.6 Å². The summed E-state index contributed by atoms with van der Waals surface area (Å²) in [6.07, 6.45) is 1.94. The molecule has 0 aliphatic carbocycles. The second-order valence-corrected chi connectivity index (χ2v) is 8.93. The van der Waals surface area contributed by atoms with Gasteiger partial charge in [0.25, 0.3) is 11.8 Å². The van der Waals surface area contributed by atoms with Crippen molar-refractivity contribution in [3.63, 3.8) is 0 Å². The number of amides is 4. The Kier molecular flexibility index (Phi) is 4.50. The molecule has 2 aliphatic heterocycles. The lowest BCUT2D eigenvalue weighted by Gasteiger charge is -2.31. The maximum absolute atomic E-state index is 13.7. The molecule has 174 valence electrons. The number of fused-ring (bicyclic) bond motifs is 2. The van der Waals surface area contributed by atoms with Gasteiger partial charge >= 0.3 is 6.03 Å². The van der Waals surface area contributed by atoms with E-state index in [1.54, 1.807) is 22.9 Å². The first-order chi connectivity index (χ1) is 16.8. The molecule has 4 aromatic rings. The van der Waals surface area contributed by atoms with Gasteiger partial charge in [0.05, 0.1) is 12.1 Å². The number of nitrogens with zero attached hydrogens (tertiary/aromatic N) is 3. The first-order valence-corrected chi connectivity index (χ1v) is 11.1.